The maximum absolute atomic E-state index is 6.63. The Hall–Kier alpha value is -7.17. The minimum absolute atomic E-state index is 0.526. The van der Waals surface area contributed by atoms with Crippen LogP contribution < -0.4 is 0 Å². The van der Waals surface area contributed by atoms with Gasteiger partial charge in [0.15, 0.2) is 17.5 Å². The first kappa shape index (κ1) is 30.5. The van der Waals surface area contributed by atoms with Crippen LogP contribution in [0, 0.1) is 0 Å². The van der Waals surface area contributed by atoms with Crippen LogP contribution in [0.2, 0.25) is 0 Å². The van der Waals surface area contributed by atoms with E-state index in [4.69, 9.17) is 19.4 Å². The molecule has 0 N–H and O–H groups in total. The van der Waals surface area contributed by atoms with Gasteiger partial charge in [0.2, 0.25) is 0 Å². The lowest BCUT2D eigenvalue weighted by Crippen LogP contribution is -2.28. The van der Waals surface area contributed by atoms with E-state index in [2.05, 4.69) is 127 Å². The Morgan fingerprint density at radius 1 is 0.352 bits per heavy atom. The predicted octanol–water partition coefficient (Wildman–Crippen LogP) is 12.3. The van der Waals surface area contributed by atoms with Gasteiger partial charge in [-0.25, -0.2) is 15.0 Å². The molecule has 1 atom stereocenters. The second kappa shape index (κ2) is 11.9. The average Bonchev–Trinajstić information content (AvgIpc) is 3.76. The fourth-order valence-corrected chi connectivity index (χ4v) is 8.53. The summed E-state index contributed by atoms with van der Waals surface area (Å²) in [6.45, 7) is 0. The molecule has 1 aliphatic carbocycles. The molecule has 0 bridgehead atoms. The molecule has 252 valence electrons. The highest BCUT2D eigenvalue weighted by Gasteiger charge is 2.46. The third-order valence-electron chi connectivity index (χ3n) is 11.0. The summed E-state index contributed by atoms with van der Waals surface area (Å²) < 4.78 is 6.63. The summed E-state index contributed by atoms with van der Waals surface area (Å²) in [5.41, 5.74) is 11.4. The van der Waals surface area contributed by atoms with Crippen molar-refractivity contribution in [2.45, 2.75) is 5.41 Å². The van der Waals surface area contributed by atoms with Crippen LogP contribution in [0.1, 0.15) is 22.3 Å². The molecule has 1 aliphatic rings. The minimum Gasteiger partial charge on any atom is -0.456 e. The van der Waals surface area contributed by atoms with Gasteiger partial charge in [-0.3, -0.25) is 0 Å². The third kappa shape index (κ3) is 4.60. The zero-order valence-corrected chi connectivity index (χ0v) is 29.1. The largest absolute Gasteiger partial charge is 0.456 e. The maximum Gasteiger partial charge on any atom is 0.164 e. The van der Waals surface area contributed by atoms with Crippen LogP contribution >= 0.6 is 0 Å². The van der Waals surface area contributed by atoms with Crippen LogP contribution in [0.25, 0.3) is 78.0 Å². The van der Waals surface area contributed by atoms with Crippen molar-refractivity contribution in [1.29, 1.82) is 0 Å². The van der Waals surface area contributed by atoms with Gasteiger partial charge in [-0.1, -0.05) is 152 Å². The second-order valence-electron chi connectivity index (χ2n) is 14.0. The van der Waals surface area contributed by atoms with E-state index in [1.165, 1.54) is 44.2 Å². The van der Waals surface area contributed by atoms with E-state index in [0.29, 0.717) is 17.5 Å². The second-order valence-corrected chi connectivity index (χ2v) is 14.0. The van der Waals surface area contributed by atoms with Crippen molar-refractivity contribution in [2.24, 2.45) is 0 Å². The molecule has 0 radical (unpaired) electrons. The highest BCUT2D eigenvalue weighted by molar-refractivity contribution is 6.07. The summed E-state index contributed by atoms with van der Waals surface area (Å²) in [5.74, 6) is 1.86. The molecule has 8 aromatic carbocycles. The van der Waals surface area contributed by atoms with Gasteiger partial charge in [-0.05, 0) is 80.6 Å². The van der Waals surface area contributed by atoms with Crippen molar-refractivity contribution in [1.82, 2.24) is 15.0 Å². The van der Waals surface area contributed by atoms with Gasteiger partial charge in [0.25, 0.3) is 0 Å². The lowest BCUT2D eigenvalue weighted by atomic mass is 9.67. The number of furan rings is 1. The Bertz CT molecular complexity index is 2990. The number of benzene rings is 8. The van der Waals surface area contributed by atoms with Gasteiger partial charge < -0.3 is 4.42 Å². The number of aromatic nitrogens is 3. The van der Waals surface area contributed by atoms with Crippen LogP contribution in [-0.4, -0.2) is 15.0 Å². The fraction of sp³-hybridized carbons (Fsp3) is 0.0200. The molecule has 11 rings (SSSR count). The van der Waals surface area contributed by atoms with Crippen molar-refractivity contribution in [3.63, 3.8) is 0 Å². The van der Waals surface area contributed by atoms with E-state index in [9.17, 15) is 0 Å². The molecule has 0 aliphatic heterocycles. The SMILES string of the molecule is c1ccc(-c2nc(-c3ccccc3)nc(-c3ccc4c(c3)oc3ccc(C5(c6ccccc6)c6ccccc6-c6cc7ccccc7cc65)cc34)n2)cc1. The molecule has 1 unspecified atom stereocenters. The Morgan fingerprint density at radius 2 is 0.944 bits per heavy atom. The molecule has 10 aromatic rings. The van der Waals surface area contributed by atoms with Gasteiger partial charge in [-0.15, -0.1) is 0 Å². The molecule has 4 nitrogen and oxygen atoms in total. The standard InChI is InChI=1S/C50H31N3O/c1-4-14-32(15-5-1)47-51-48(33-16-6-2-7-17-33)53-49(52-47)36-24-26-40-42-31-38(25-27-45(42)54-46(40)30-36)50(37-20-8-3-9-21-37)43-23-13-12-22-39(43)41-28-34-18-10-11-19-35(34)29-44(41)50/h1-31H. The third-order valence-corrected chi connectivity index (χ3v) is 11.0. The van der Waals surface area contributed by atoms with Crippen molar-refractivity contribution in [2.75, 3.05) is 0 Å². The Kier molecular flexibility index (Phi) is 6.73. The highest BCUT2D eigenvalue weighted by Crippen LogP contribution is 2.57. The Morgan fingerprint density at radius 3 is 1.65 bits per heavy atom. The molecule has 0 amide bonds. The number of fused-ring (bicyclic) bond motifs is 7. The summed E-state index contributed by atoms with van der Waals surface area (Å²) in [7, 11) is 0. The minimum atomic E-state index is -0.526. The summed E-state index contributed by atoms with van der Waals surface area (Å²) in [5, 5.41) is 4.59. The quantitative estimate of drug-likeness (QED) is 0.180. The molecule has 4 heteroatoms. The molecule has 54 heavy (non-hydrogen) atoms. The number of hydrogen-bond donors (Lipinski definition) is 0. The van der Waals surface area contributed by atoms with E-state index < -0.39 is 5.41 Å². The molecule has 0 saturated heterocycles. The summed E-state index contributed by atoms with van der Waals surface area (Å²) in [6.07, 6.45) is 0. The normalized spacial score (nSPS) is 14.7. The van der Waals surface area contributed by atoms with Crippen LogP contribution in [0.5, 0.6) is 0 Å². The zero-order chi connectivity index (χ0) is 35.6. The van der Waals surface area contributed by atoms with Crippen molar-refractivity contribution in [3.8, 4) is 45.3 Å². The number of rotatable bonds is 5. The first-order valence-corrected chi connectivity index (χ1v) is 18.3. The van der Waals surface area contributed by atoms with Crippen molar-refractivity contribution < 1.29 is 4.42 Å². The smallest absolute Gasteiger partial charge is 0.164 e. The van der Waals surface area contributed by atoms with Gasteiger partial charge in [0.05, 0.1) is 5.41 Å². The van der Waals surface area contributed by atoms with Crippen LogP contribution in [0.3, 0.4) is 0 Å². The molecule has 2 heterocycles. The average molecular weight is 690 g/mol. The van der Waals surface area contributed by atoms with Crippen LogP contribution in [0.15, 0.2) is 192 Å². The first-order valence-electron chi connectivity index (χ1n) is 18.3. The Balaban J connectivity index is 1.11. The maximum atomic E-state index is 6.63. The van der Waals surface area contributed by atoms with Crippen molar-refractivity contribution >= 4 is 32.7 Å². The van der Waals surface area contributed by atoms with E-state index in [1.807, 2.05) is 60.7 Å². The van der Waals surface area contributed by atoms with Crippen LogP contribution in [0.4, 0.5) is 0 Å². The topological polar surface area (TPSA) is 51.8 Å². The van der Waals surface area contributed by atoms with E-state index in [1.54, 1.807) is 0 Å². The lowest BCUT2D eigenvalue weighted by molar-refractivity contribution is 0.668. The van der Waals surface area contributed by atoms with E-state index >= 15 is 0 Å². The number of hydrogen-bond acceptors (Lipinski definition) is 4. The highest BCUT2D eigenvalue weighted by atomic mass is 16.3. The van der Waals surface area contributed by atoms with Gasteiger partial charge in [-0.2, -0.15) is 0 Å². The van der Waals surface area contributed by atoms with Crippen LogP contribution in [-0.2, 0) is 5.41 Å². The van der Waals surface area contributed by atoms with Crippen molar-refractivity contribution in [3.05, 3.63) is 210 Å². The summed E-state index contributed by atoms with van der Waals surface area (Å²) in [6, 6.07) is 66.5. The monoisotopic (exact) mass is 689 g/mol. The molecule has 0 spiro atoms. The zero-order valence-electron chi connectivity index (χ0n) is 29.1. The van der Waals surface area contributed by atoms with Gasteiger partial charge >= 0.3 is 0 Å². The Labute approximate surface area is 312 Å². The molecular weight excluding hydrogens is 659 g/mol. The van der Waals surface area contributed by atoms with Gasteiger partial charge in [0.1, 0.15) is 11.2 Å². The van der Waals surface area contributed by atoms with E-state index in [-0.39, 0.29) is 0 Å². The van der Waals surface area contributed by atoms with Gasteiger partial charge in [0, 0.05) is 27.5 Å². The predicted molar refractivity (Wildman–Crippen MR) is 218 cm³/mol. The fourth-order valence-electron chi connectivity index (χ4n) is 8.53. The number of nitrogens with zero attached hydrogens (tertiary/aromatic N) is 3. The lowest BCUT2D eigenvalue weighted by Gasteiger charge is -2.34. The van der Waals surface area contributed by atoms with E-state index in [0.717, 1.165) is 38.6 Å². The molecule has 2 aromatic heterocycles. The molecular formula is C50H31N3O. The molecule has 0 fully saturated rings. The summed E-state index contributed by atoms with van der Waals surface area (Å²) in [4.78, 5) is 14.8. The molecule has 0 saturated carbocycles. The first-order chi connectivity index (χ1) is 26.7. The summed E-state index contributed by atoms with van der Waals surface area (Å²) >= 11 is 0.